The van der Waals surface area contributed by atoms with Gasteiger partial charge in [-0.25, -0.2) is 12.1 Å². The summed E-state index contributed by atoms with van der Waals surface area (Å²) in [6.07, 6.45) is 2.21. The minimum absolute atomic E-state index is 0. The summed E-state index contributed by atoms with van der Waals surface area (Å²) < 4.78 is 0. The molecule has 0 amide bonds. The van der Waals surface area contributed by atoms with Gasteiger partial charge in [-0.3, -0.25) is 0 Å². The smallest absolute Gasteiger partial charge is 1.00 e. The van der Waals surface area contributed by atoms with Gasteiger partial charge in [-0.2, -0.15) is 47.5 Å². The number of hydrogen-bond donors (Lipinski definition) is 0. The summed E-state index contributed by atoms with van der Waals surface area (Å²) in [7, 11) is 0. The molecule has 0 bridgehead atoms. The largest absolute Gasteiger partial charge is 4.00 e. The quantitative estimate of drug-likeness (QED) is 0.348. The van der Waals surface area contributed by atoms with E-state index in [1.54, 1.807) is 0 Å². The molecule has 3 heteroatoms. The van der Waals surface area contributed by atoms with E-state index < -0.39 is 0 Å². The monoisotopic (exact) mass is 418 g/mol. The van der Waals surface area contributed by atoms with Crippen molar-refractivity contribution in [1.29, 1.82) is 0 Å². The van der Waals surface area contributed by atoms with Crippen LogP contribution in [0.15, 0.2) is 66.7 Å². The van der Waals surface area contributed by atoms with Gasteiger partial charge < -0.3 is 24.8 Å². The van der Waals surface area contributed by atoms with Gasteiger partial charge in [0.05, 0.1) is 0 Å². The molecule has 0 saturated carbocycles. The minimum Gasteiger partial charge on any atom is -1.00 e. The van der Waals surface area contributed by atoms with Crippen LogP contribution in [-0.4, -0.2) is 0 Å². The molecule has 0 radical (unpaired) electrons. The zero-order valence-electron chi connectivity index (χ0n) is 13.0. The van der Waals surface area contributed by atoms with Gasteiger partial charge in [0.25, 0.3) is 0 Å². The standard InChI is InChI=1S/C13H9.C7H9.2ClH.Zr/c1-3-7-12-10(5-1)9-11-6-2-4-8-13(11)12;1-2-7-5-3-4-6-7;;;/h1-5,7-8H,9H2;3-6H,2H2,1H3;2*1H;/q2*-1;;;+4/p-2. The molecule has 4 rings (SSSR count). The third-order valence-corrected chi connectivity index (χ3v) is 3.76. The Morgan fingerprint density at radius 3 is 2.22 bits per heavy atom. The third-order valence-electron chi connectivity index (χ3n) is 3.76. The Bertz CT molecular complexity index is 647. The molecular formula is C20H18Cl2Zr. The summed E-state index contributed by atoms with van der Waals surface area (Å²) in [4.78, 5) is 0. The zero-order chi connectivity index (χ0) is 13.8. The molecule has 116 valence electrons. The second-order valence-electron chi connectivity index (χ2n) is 5.04. The first kappa shape index (κ1) is 22.3. The predicted molar refractivity (Wildman–Crippen MR) is 84.9 cm³/mol. The molecule has 0 heterocycles. The molecule has 0 unspecified atom stereocenters. The van der Waals surface area contributed by atoms with Gasteiger partial charge in [0, 0.05) is 0 Å². The molecule has 23 heavy (non-hydrogen) atoms. The number of fused-ring (bicyclic) bond motifs is 3. The maximum atomic E-state index is 3.30. The van der Waals surface area contributed by atoms with E-state index in [9.17, 15) is 0 Å². The van der Waals surface area contributed by atoms with E-state index >= 15 is 0 Å². The molecule has 0 N–H and O–H groups in total. The fourth-order valence-electron chi connectivity index (χ4n) is 2.65. The SMILES string of the molecule is CC[c-]1cccc1.[Cl-].[Cl-].[Zr+4].[c-]1cccc2c1Cc1ccccc1-2. The third kappa shape index (κ3) is 5.38. The van der Waals surface area contributed by atoms with E-state index in [1.807, 2.05) is 6.07 Å². The second kappa shape index (κ2) is 10.9. The van der Waals surface area contributed by atoms with Crippen molar-refractivity contribution in [1.82, 2.24) is 0 Å². The van der Waals surface area contributed by atoms with Gasteiger partial charge in [-0.05, 0) is 6.42 Å². The first-order valence-corrected chi connectivity index (χ1v) is 7.17. The molecule has 0 aliphatic heterocycles. The molecule has 3 aromatic carbocycles. The van der Waals surface area contributed by atoms with Crippen LogP contribution in [0.25, 0.3) is 11.1 Å². The normalized spacial score (nSPS) is 9.78. The molecule has 0 atom stereocenters. The number of halogens is 2. The van der Waals surface area contributed by atoms with E-state index in [0.29, 0.717) is 0 Å². The van der Waals surface area contributed by atoms with Crippen LogP contribution in [0.4, 0.5) is 0 Å². The summed E-state index contributed by atoms with van der Waals surface area (Å²) in [6, 6.07) is 26.5. The molecule has 0 spiro atoms. The Morgan fingerprint density at radius 1 is 0.913 bits per heavy atom. The molecule has 3 aromatic rings. The van der Waals surface area contributed by atoms with Crippen LogP contribution < -0.4 is 24.8 Å². The first-order chi connectivity index (χ1) is 9.88. The minimum atomic E-state index is 0. The Labute approximate surface area is 170 Å². The van der Waals surface area contributed by atoms with Crippen LogP contribution in [0.5, 0.6) is 0 Å². The van der Waals surface area contributed by atoms with Crippen LogP contribution in [0.1, 0.15) is 23.6 Å². The molecule has 0 saturated heterocycles. The molecular weight excluding hydrogens is 402 g/mol. The van der Waals surface area contributed by atoms with Gasteiger partial charge in [0.2, 0.25) is 0 Å². The van der Waals surface area contributed by atoms with E-state index in [2.05, 4.69) is 73.7 Å². The number of aryl methyl sites for hydroxylation is 1. The molecule has 0 aromatic heterocycles. The summed E-state index contributed by atoms with van der Waals surface area (Å²) in [5, 5.41) is 0. The van der Waals surface area contributed by atoms with Crippen LogP contribution in [-0.2, 0) is 39.0 Å². The van der Waals surface area contributed by atoms with Gasteiger partial charge in [-0.1, -0.05) is 48.7 Å². The maximum absolute atomic E-state index is 3.30. The Kier molecular flexibility index (Phi) is 10.6. The Balaban J connectivity index is 0.000000426. The summed E-state index contributed by atoms with van der Waals surface area (Å²) in [5.74, 6) is 0. The van der Waals surface area contributed by atoms with Gasteiger partial charge in [0.1, 0.15) is 0 Å². The average Bonchev–Trinajstić information content (AvgIpc) is 3.15. The number of benzene rings is 2. The number of rotatable bonds is 1. The van der Waals surface area contributed by atoms with Crippen molar-refractivity contribution in [3.63, 3.8) is 0 Å². The second-order valence-corrected chi connectivity index (χ2v) is 5.04. The van der Waals surface area contributed by atoms with Crippen molar-refractivity contribution < 1.29 is 51.0 Å². The van der Waals surface area contributed by atoms with E-state index in [4.69, 9.17) is 0 Å². The average molecular weight is 420 g/mol. The summed E-state index contributed by atoms with van der Waals surface area (Å²) >= 11 is 0. The van der Waals surface area contributed by atoms with Crippen molar-refractivity contribution in [3.8, 4) is 11.1 Å². The van der Waals surface area contributed by atoms with Crippen LogP contribution in [0.3, 0.4) is 0 Å². The van der Waals surface area contributed by atoms with Crippen LogP contribution in [0, 0.1) is 6.07 Å². The van der Waals surface area contributed by atoms with Gasteiger partial charge in [-0.15, -0.1) is 5.56 Å². The fourth-order valence-corrected chi connectivity index (χ4v) is 2.65. The molecule has 0 fully saturated rings. The number of hydrogen-bond acceptors (Lipinski definition) is 0. The van der Waals surface area contributed by atoms with Crippen molar-refractivity contribution >= 4 is 0 Å². The molecule has 0 nitrogen and oxygen atoms in total. The van der Waals surface area contributed by atoms with Gasteiger partial charge >= 0.3 is 26.2 Å². The van der Waals surface area contributed by atoms with Crippen molar-refractivity contribution in [2.24, 2.45) is 0 Å². The van der Waals surface area contributed by atoms with Crippen LogP contribution >= 0.6 is 0 Å². The summed E-state index contributed by atoms with van der Waals surface area (Å²) in [5.41, 5.74) is 6.94. The maximum Gasteiger partial charge on any atom is 4.00 e. The zero-order valence-corrected chi connectivity index (χ0v) is 17.0. The Hall–Kier alpha value is -0.747. The first-order valence-electron chi connectivity index (χ1n) is 7.17. The van der Waals surface area contributed by atoms with Crippen molar-refractivity contribution in [2.45, 2.75) is 19.8 Å². The van der Waals surface area contributed by atoms with Crippen molar-refractivity contribution in [2.75, 3.05) is 0 Å². The van der Waals surface area contributed by atoms with E-state index in [-0.39, 0.29) is 51.0 Å². The molecule has 1 aliphatic carbocycles. The van der Waals surface area contributed by atoms with E-state index in [0.717, 1.165) is 12.8 Å². The summed E-state index contributed by atoms with van der Waals surface area (Å²) in [6.45, 7) is 2.16. The van der Waals surface area contributed by atoms with E-state index in [1.165, 1.54) is 27.8 Å². The van der Waals surface area contributed by atoms with Gasteiger partial charge in [0.15, 0.2) is 0 Å². The topological polar surface area (TPSA) is 0 Å². The Morgan fingerprint density at radius 2 is 1.57 bits per heavy atom. The molecule has 1 aliphatic rings. The predicted octanol–water partition coefficient (Wildman–Crippen LogP) is -0.969. The van der Waals surface area contributed by atoms with Crippen LogP contribution in [0.2, 0.25) is 0 Å². The van der Waals surface area contributed by atoms with Crippen molar-refractivity contribution in [3.05, 3.63) is 89.5 Å². The fraction of sp³-hybridized carbons (Fsp3) is 0.150.